The van der Waals surface area contributed by atoms with Crippen LogP contribution in [0.25, 0.3) is 0 Å². The molecule has 0 heterocycles. The Labute approximate surface area is 123 Å². The predicted molar refractivity (Wildman–Crippen MR) is 81.9 cm³/mol. The van der Waals surface area contributed by atoms with E-state index in [0.717, 1.165) is 6.26 Å². The third kappa shape index (κ3) is 3.64. The van der Waals surface area contributed by atoms with Crippen LogP contribution in [0.2, 0.25) is 0 Å². The van der Waals surface area contributed by atoms with Crippen LogP contribution in [0.1, 0.15) is 52.9 Å². The third-order valence-corrected chi connectivity index (χ3v) is 6.11. The first-order valence-electron chi connectivity index (χ1n) is 7.72. The first-order chi connectivity index (χ1) is 9.21. The first kappa shape index (κ1) is 16.0. The second-order valence-corrected chi connectivity index (χ2v) is 8.84. The molecule has 0 bridgehead atoms. The monoisotopic (exact) mass is 300 g/mol. The van der Waals surface area contributed by atoms with Crippen LogP contribution in [0.15, 0.2) is 11.6 Å². The van der Waals surface area contributed by atoms with Gasteiger partial charge >= 0.3 is 0 Å². The molecular weight excluding hydrogens is 272 g/mol. The Hall–Kier alpha value is -0.350. The maximum atomic E-state index is 11.1. The fourth-order valence-electron chi connectivity index (χ4n) is 4.08. The van der Waals surface area contributed by atoms with E-state index in [1.165, 1.54) is 32.1 Å². The molecule has 0 aromatic rings. The summed E-state index contributed by atoms with van der Waals surface area (Å²) in [6.45, 7) is 7.15. The molecule has 0 aromatic carbocycles. The zero-order chi connectivity index (χ0) is 15.0. The molecule has 116 valence electrons. The highest BCUT2D eigenvalue weighted by molar-refractivity contribution is 7.85. The van der Waals surface area contributed by atoms with E-state index < -0.39 is 10.1 Å². The van der Waals surface area contributed by atoms with Gasteiger partial charge in [0.05, 0.1) is 12.9 Å². The minimum Gasteiger partial charge on any atom is -0.270 e. The summed E-state index contributed by atoms with van der Waals surface area (Å²) >= 11 is 0. The Bertz CT molecular complexity index is 480. The summed E-state index contributed by atoms with van der Waals surface area (Å²) in [4.78, 5) is 0. The zero-order valence-corrected chi connectivity index (χ0v) is 14.0. The van der Waals surface area contributed by atoms with Gasteiger partial charge in [-0.2, -0.15) is 8.42 Å². The number of rotatable bonds is 4. The number of allylic oxidation sites excluding steroid dienone is 2. The number of fused-ring (bicyclic) bond motifs is 1. The minimum atomic E-state index is -3.32. The normalized spacial score (nSPS) is 36.1. The first-order valence-corrected chi connectivity index (χ1v) is 9.54. The molecule has 0 unspecified atom stereocenters. The van der Waals surface area contributed by atoms with Crippen molar-refractivity contribution in [3.05, 3.63) is 11.6 Å². The Balaban J connectivity index is 1.99. The predicted octanol–water partition coefficient (Wildman–Crippen LogP) is 3.76. The van der Waals surface area contributed by atoms with Crippen molar-refractivity contribution in [2.24, 2.45) is 23.2 Å². The van der Waals surface area contributed by atoms with E-state index in [2.05, 4.69) is 26.8 Å². The van der Waals surface area contributed by atoms with Crippen LogP contribution >= 0.6 is 0 Å². The van der Waals surface area contributed by atoms with Crippen molar-refractivity contribution in [1.82, 2.24) is 0 Å². The van der Waals surface area contributed by atoms with Crippen molar-refractivity contribution < 1.29 is 12.6 Å². The third-order valence-electron chi connectivity index (χ3n) is 5.55. The smallest absolute Gasteiger partial charge is 0.264 e. The molecule has 3 nitrogen and oxygen atoms in total. The maximum Gasteiger partial charge on any atom is 0.264 e. The van der Waals surface area contributed by atoms with Crippen LogP contribution in [0.5, 0.6) is 0 Å². The fraction of sp³-hybridized carbons (Fsp3) is 0.875. The summed E-state index contributed by atoms with van der Waals surface area (Å²) in [5, 5.41) is 0. The van der Waals surface area contributed by atoms with Crippen LogP contribution < -0.4 is 0 Å². The minimum absolute atomic E-state index is 0.309. The van der Waals surface area contributed by atoms with Crippen LogP contribution in [0.3, 0.4) is 0 Å². The van der Waals surface area contributed by atoms with Crippen LogP contribution in [-0.2, 0) is 14.3 Å². The lowest BCUT2D eigenvalue weighted by Gasteiger charge is -2.48. The highest BCUT2D eigenvalue weighted by Gasteiger charge is 2.42. The van der Waals surface area contributed by atoms with Gasteiger partial charge in [-0.1, -0.05) is 25.5 Å². The molecule has 0 N–H and O–H groups in total. The van der Waals surface area contributed by atoms with E-state index in [4.69, 9.17) is 4.18 Å². The second kappa shape index (κ2) is 5.80. The van der Waals surface area contributed by atoms with Gasteiger partial charge in [0.2, 0.25) is 0 Å². The van der Waals surface area contributed by atoms with Crippen LogP contribution in [-0.4, -0.2) is 21.3 Å². The van der Waals surface area contributed by atoms with Gasteiger partial charge in [-0.3, -0.25) is 4.18 Å². The molecule has 0 aliphatic heterocycles. The fourth-order valence-corrected chi connectivity index (χ4v) is 4.55. The van der Waals surface area contributed by atoms with Gasteiger partial charge < -0.3 is 0 Å². The van der Waals surface area contributed by atoms with E-state index in [1.807, 2.05) is 0 Å². The van der Waals surface area contributed by atoms with Crippen LogP contribution in [0, 0.1) is 23.2 Å². The van der Waals surface area contributed by atoms with Gasteiger partial charge in [0.1, 0.15) is 0 Å². The average molecular weight is 300 g/mol. The topological polar surface area (TPSA) is 43.4 Å². The van der Waals surface area contributed by atoms with Crippen LogP contribution in [0.4, 0.5) is 0 Å². The molecule has 0 radical (unpaired) electrons. The summed E-state index contributed by atoms with van der Waals surface area (Å²) in [5.41, 5.74) is 2.01. The molecule has 2 rings (SSSR count). The Morgan fingerprint density at radius 3 is 2.80 bits per heavy atom. The molecule has 1 fully saturated rings. The molecule has 0 aromatic heterocycles. The molecule has 2 aliphatic rings. The number of hydrogen-bond donors (Lipinski definition) is 0. The van der Waals surface area contributed by atoms with Crippen molar-refractivity contribution >= 4 is 10.1 Å². The lowest BCUT2D eigenvalue weighted by atomic mass is 9.57. The number of hydrogen-bond acceptors (Lipinski definition) is 3. The summed E-state index contributed by atoms with van der Waals surface area (Å²) in [6.07, 6.45) is 9.70. The Kier molecular flexibility index (Phi) is 4.65. The van der Waals surface area contributed by atoms with Gasteiger partial charge in [0, 0.05) is 0 Å². The van der Waals surface area contributed by atoms with Gasteiger partial charge in [-0.15, -0.1) is 0 Å². The van der Waals surface area contributed by atoms with Crippen molar-refractivity contribution in [2.75, 3.05) is 12.9 Å². The standard InChI is InChI=1S/C16H28O3S/c1-12-6-5-8-16(3)9-7-14(10-15(12)16)13(2)11-19-20(4,17)18/h6,13-15H,5,7-11H2,1-4H3/t13-,14+,15+,16-/m0/s1. The molecule has 2 aliphatic carbocycles. The molecule has 20 heavy (non-hydrogen) atoms. The van der Waals surface area contributed by atoms with Gasteiger partial charge in [-0.05, 0) is 62.2 Å². The van der Waals surface area contributed by atoms with Crippen molar-refractivity contribution in [3.63, 3.8) is 0 Å². The van der Waals surface area contributed by atoms with Crippen molar-refractivity contribution in [1.29, 1.82) is 0 Å². The highest BCUT2D eigenvalue weighted by Crippen LogP contribution is 2.53. The Morgan fingerprint density at radius 2 is 2.15 bits per heavy atom. The molecule has 4 heteroatoms. The molecule has 0 amide bonds. The van der Waals surface area contributed by atoms with Crippen molar-refractivity contribution in [2.45, 2.75) is 52.9 Å². The highest BCUT2D eigenvalue weighted by atomic mass is 32.2. The van der Waals surface area contributed by atoms with Crippen molar-refractivity contribution in [3.8, 4) is 0 Å². The largest absolute Gasteiger partial charge is 0.270 e. The molecule has 1 saturated carbocycles. The summed E-state index contributed by atoms with van der Waals surface area (Å²) in [5.74, 6) is 1.57. The maximum absolute atomic E-state index is 11.1. The second-order valence-electron chi connectivity index (χ2n) is 7.19. The lowest BCUT2D eigenvalue weighted by molar-refractivity contribution is 0.0561. The van der Waals surface area contributed by atoms with E-state index in [-0.39, 0.29) is 0 Å². The zero-order valence-electron chi connectivity index (χ0n) is 13.2. The molecular formula is C16H28O3S. The van der Waals surface area contributed by atoms with Gasteiger partial charge in [-0.25, -0.2) is 0 Å². The van der Waals surface area contributed by atoms with Gasteiger partial charge in [0.15, 0.2) is 0 Å². The quantitative estimate of drug-likeness (QED) is 0.586. The van der Waals surface area contributed by atoms with E-state index in [1.54, 1.807) is 5.57 Å². The summed E-state index contributed by atoms with van der Waals surface area (Å²) in [7, 11) is -3.32. The average Bonchev–Trinajstić information content (AvgIpc) is 2.35. The molecule has 0 spiro atoms. The van der Waals surface area contributed by atoms with E-state index in [0.29, 0.717) is 29.8 Å². The van der Waals surface area contributed by atoms with E-state index in [9.17, 15) is 8.42 Å². The lowest BCUT2D eigenvalue weighted by Crippen LogP contribution is -2.39. The molecule has 4 atom stereocenters. The summed E-state index contributed by atoms with van der Waals surface area (Å²) in [6, 6.07) is 0. The molecule has 0 saturated heterocycles. The Morgan fingerprint density at radius 1 is 1.45 bits per heavy atom. The SMILES string of the molecule is CC1=CCC[C@@]2(C)CC[C@@H]([C@@H](C)COS(C)(=O)=O)C[C@H]12. The van der Waals surface area contributed by atoms with E-state index >= 15 is 0 Å². The van der Waals surface area contributed by atoms with Gasteiger partial charge in [0.25, 0.3) is 10.1 Å². The summed E-state index contributed by atoms with van der Waals surface area (Å²) < 4.78 is 27.2.